The van der Waals surface area contributed by atoms with Crippen molar-refractivity contribution in [2.24, 2.45) is 0 Å². The first-order chi connectivity index (χ1) is 21.9. The van der Waals surface area contributed by atoms with Gasteiger partial charge >= 0.3 is 0 Å². The van der Waals surface area contributed by atoms with E-state index in [0.717, 1.165) is 63.5 Å². The Kier molecular flexibility index (Phi) is 9.64. The number of piperidine rings is 1. The van der Waals surface area contributed by atoms with Gasteiger partial charge in [0.15, 0.2) is 5.82 Å². The van der Waals surface area contributed by atoms with Crippen molar-refractivity contribution in [2.45, 2.75) is 31.3 Å². The number of nitrogens with one attached hydrogen (secondary N) is 2. The fourth-order valence-corrected chi connectivity index (χ4v) is 6.30. The number of methoxy groups -OCH3 is 1. The summed E-state index contributed by atoms with van der Waals surface area (Å²) in [6.07, 6.45) is 5.37. The molecular weight excluding hydrogens is 601 g/mol. The molecule has 2 N–H and O–H groups in total. The first-order valence-corrected chi connectivity index (χ1v) is 15.5. The minimum Gasteiger partial charge on any atom is -0.494 e. The molecule has 11 nitrogen and oxygen atoms in total. The van der Waals surface area contributed by atoms with E-state index >= 15 is 0 Å². The van der Waals surface area contributed by atoms with Crippen LogP contribution in [-0.2, 0) is 14.4 Å². The summed E-state index contributed by atoms with van der Waals surface area (Å²) in [5.74, 6) is 0.779. The predicted molar refractivity (Wildman–Crippen MR) is 172 cm³/mol. The topological polar surface area (TPSA) is 104 Å². The van der Waals surface area contributed by atoms with Crippen molar-refractivity contribution in [2.75, 3.05) is 73.7 Å². The molecular formula is C32H37ClFN7O4. The number of rotatable bonds is 9. The maximum absolute atomic E-state index is 14.2. The van der Waals surface area contributed by atoms with Crippen molar-refractivity contribution < 1.29 is 23.5 Å². The Hall–Kier alpha value is -3.97. The number of amides is 1. The Labute approximate surface area is 266 Å². The van der Waals surface area contributed by atoms with Gasteiger partial charge in [0.25, 0.3) is 0 Å². The molecule has 3 saturated heterocycles. The molecule has 45 heavy (non-hydrogen) atoms. The maximum Gasteiger partial charge on any atom is 0.247 e. The summed E-state index contributed by atoms with van der Waals surface area (Å²) in [5, 5.41) is 8.02. The van der Waals surface area contributed by atoms with Gasteiger partial charge in [0, 0.05) is 50.8 Å². The van der Waals surface area contributed by atoms with Crippen molar-refractivity contribution in [1.29, 1.82) is 0 Å². The molecule has 3 aromatic rings. The van der Waals surface area contributed by atoms with Crippen LogP contribution in [0.3, 0.4) is 0 Å². The molecule has 3 aliphatic rings. The number of morpholine rings is 1. The smallest absolute Gasteiger partial charge is 0.247 e. The van der Waals surface area contributed by atoms with Crippen LogP contribution in [0.2, 0.25) is 5.02 Å². The average Bonchev–Trinajstić information content (AvgIpc) is 3.57. The minimum absolute atomic E-state index is 0.0684. The molecule has 4 heterocycles. The molecule has 13 heteroatoms. The highest BCUT2D eigenvalue weighted by Gasteiger charge is 2.31. The van der Waals surface area contributed by atoms with E-state index in [2.05, 4.69) is 37.0 Å². The van der Waals surface area contributed by atoms with E-state index in [9.17, 15) is 9.18 Å². The fraction of sp³-hybridized carbons (Fsp3) is 0.406. The fourth-order valence-electron chi connectivity index (χ4n) is 6.19. The number of benzene rings is 2. The number of hydrogen-bond donors (Lipinski definition) is 2. The molecule has 0 radical (unpaired) electrons. The quantitative estimate of drug-likeness (QED) is 0.299. The lowest BCUT2D eigenvalue weighted by Crippen LogP contribution is -2.49. The average molecular weight is 638 g/mol. The number of halogens is 2. The Morgan fingerprint density at radius 1 is 1.07 bits per heavy atom. The van der Waals surface area contributed by atoms with E-state index in [1.807, 2.05) is 12.1 Å². The lowest BCUT2D eigenvalue weighted by Gasteiger charge is -2.41. The van der Waals surface area contributed by atoms with Crippen molar-refractivity contribution >= 4 is 46.2 Å². The number of hydroxylamine groups is 1. The lowest BCUT2D eigenvalue weighted by molar-refractivity contribution is -0.111. The predicted octanol–water partition coefficient (Wildman–Crippen LogP) is 5.33. The third kappa shape index (κ3) is 6.99. The van der Waals surface area contributed by atoms with Gasteiger partial charge in [-0.25, -0.2) is 19.4 Å². The van der Waals surface area contributed by atoms with Crippen molar-refractivity contribution in [1.82, 2.24) is 14.9 Å². The summed E-state index contributed by atoms with van der Waals surface area (Å²) in [6.45, 7) is 9.27. The minimum atomic E-state index is -0.484. The number of anilines is 5. The standard InChI is InChI=1S/C32H37ClFN7O4/c1-3-32(42)38-25-17-26(29(43-2)18-28(25)40-9-6-22(7-10-40)39-11-14-44-15-12-39)37-30-19-31(36-20-35-30)41-27(8-13-45-41)21-4-5-23(33)24(34)16-21/h3-5,16-20,22,27H,1,6-15H2,2H3,(H,38,42)(H,35,36,37)/t27-/m1/s1. The number of ether oxygens (including phenoxy) is 2. The zero-order chi connectivity index (χ0) is 31.3. The second kappa shape index (κ2) is 14.0. The van der Waals surface area contributed by atoms with Gasteiger partial charge in [-0.05, 0) is 42.7 Å². The first kappa shape index (κ1) is 31.0. The van der Waals surface area contributed by atoms with Crippen molar-refractivity contribution in [3.8, 4) is 5.75 Å². The van der Waals surface area contributed by atoms with Crippen LogP contribution in [0.4, 0.5) is 33.1 Å². The normalized spacial score (nSPS) is 19.4. The van der Waals surface area contributed by atoms with Crippen LogP contribution in [0.1, 0.15) is 30.9 Å². The number of hydrogen-bond acceptors (Lipinski definition) is 10. The summed E-state index contributed by atoms with van der Waals surface area (Å²) >= 11 is 5.90. The highest BCUT2D eigenvalue weighted by Crippen LogP contribution is 2.41. The van der Waals surface area contributed by atoms with Gasteiger partial charge in [-0.3, -0.25) is 14.5 Å². The third-order valence-electron chi connectivity index (χ3n) is 8.50. The van der Waals surface area contributed by atoms with E-state index in [1.165, 1.54) is 18.5 Å². The van der Waals surface area contributed by atoms with Gasteiger partial charge in [0.05, 0.1) is 55.1 Å². The van der Waals surface area contributed by atoms with Gasteiger partial charge in [-0.2, -0.15) is 0 Å². The molecule has 1 aromatic heterocycles. The third-order valence-corrected chi connectivity index (χ3v) is 8.81. The van der Waals surface area contributed by atoms with Gasteiger partial charge < -0.3 is 25.0 Å². The molecule has 6 rings (SSSR count). The molecule has 1 atom stereocenters. The molecule has 0 spiro atoms. The molecule has 0 saturated carbocycles. The van der Waals surface area contributed by atoms with Crippen LogP contribution < -0.4 is 25.3 Å². The van der Waals surface area contributed by atoms with Gasteiger partial charge in [-0.15, -0.1) is 0 Å². The van der Waals surface area contributed by atoms with Crippen LogP contribution in [-0.4, -0.2) is 79.9 Å². The summed E-state index contributed by atoms with van der Waals surface area (Å²) in [5.41, 5.74) is 2.85. The number of carbonyl (C=O) groups is 1. The Balaban J connectivity index is 1.24. The number of aromatic nitrogens is 2. The Bertz CT molecular complexity index is 1530. The number of carbonyl (C=O) groups excluding carboxylic acids is 1. The SMILES string of the molecule is C=CC(=O)Nc1cc(Nc2cc(N3OCC[C@@H]3c3ccc(Cl)c(F)c3)ncn2)c(OC)cc1N1CCC(N2CCOCC2)CC1. The van der Waals surface area contributed by atoms with E-state index in [1.54, 1.807) is 30.4 Å². The van der Waals surface area contributed by atoms with Crippen LogP contribution in [0, 0.1) is 5.82 Å². The Morgan fingerprint density at radius 3 is 2.60 bits per heavy atom. The Morgan fingerprint density at radius 2 is 1.87 bits per heavy atom. The summed E-state index contributed by atoms with van der Waals surface area (Å²) < 4.78 is 25.6. The first-order valence-electron chi connectivity index (χ1n) is 15.1. The van der Waals surface area contributed by atoms with E-state index in [-0.39, 0.29) is 17.0 Å². The van der Waals surface area contributed by atoms with Crippen LogP contribution in [0.25, 0.3) is 0 Å². The molecule has 3 aliphatic heterocycles. The van der Waals surface area contributed by atoms with Crippen LogP contribution >= 0.6 is 11.6 Å². The van der Waals surface area contributed by atoms with Crippen LogP contribution in [0.15, 0.2) is 55.4 Å². The second-order valence-corrected chi connectivity index (χ2v) is 11.6. The van der Waals surface area contributed by atoms with E-state index in [4.69, 9.17) is 25.9 Å². The van der Waals surface area contributed by atoms with Gasteiger partial charge in [-0.1, -0.05) is 24.2 Å². The van der Waals surface area contributed by atoms with E-state index < -0.39 is 5.82 Å². The van der Waals surface area contributed by atoms with Crippen LogP contribution in [0.5, 0.6) is 5.75 Å². The summed E-state index contributed by atoms with van der Waals surface area (Å²) in [7, 11) is 1.61. The van der Waals surface area contributed by atoms with Crippen molar-refractivity contribution in [3.63, 3.8) is 0 Å². The molecule has 238 valence electrons. The highest BCUT2D eigenvalue weighted by molar-refractivity contribution is 6.30. The molecule has 2 aromatic carbocycles. The molecule has 0 bridgehead atoms. The molecule has 3 fully saturated rings. The largest absolute Gasteiger partial charge is 0.494 e. The molecule has 0 unspecified atom stereocenters. The lowest BCUT2D eigenvalue weighted by atomic mass is 10.0. The molecule has 1 amide bonds. The second-order valence-electron chi connectivity index (χ2n) is 11.2. The maximum atomic E-state index is 14.2. The summed E-state index contributed by atoms with van der Waals surface area (Å²) in [4.78, 5) is 32.0. The van der Waals surface area contributed by atoms with Gasteiger partial charge in [0.1, 0.15) is 23.7 Å². The van der Waals surface area contributed by atoms with Crippen molar-refractivity contribution in [3.05, 3.63) is 71.8 Å². The number of nitrogens with zero attached hydrogens (tertiary/aromatic N) is 5. The summed E-state index contributed by atoms with van der Waals surface area (Å²) in [6, 6.07) is 10.5. The highest BCUT2D eigenvalue weighted by atomic mass is 35.5. The monoisotopic (exact) mass is 637 g/mol. The molecule has 0 aliphatic carbocycles. The zero-order valence-electron chi connectivity index (χ0n) is 25.2. The zero-order valence-corrected chi connectivity index (χ0v) is 25.9. The van der Waals surface area contributed by atoms with E-state index in [0.29, 0.717) is 47.8 Å². The van der Waals surface area contributed by atoms with Gasteiger partial charge in [0.2, 0.25) is 5.91 Å².